The zero-order valence-corrected chi connectivity index (χ0v) is 10.9. The van der Waals surface area contributed by atoms with E-state index >= 15 is 0 Å². The molecule has 1 nitrogen and oxygen atoms in total. The molecule has 0 fully saturated rings. The smallest absolute Gasteiger partial charge is 0.162 e. The Labute approximate surface area is 115 Å². The number of hydrogen-bond donors (Lipinski definition) is 1. The first kappa shape index (κ1) is 14.0. The zero-order valence-electron chi connectivity index (χ0n) is 10.1. The number of aliphatic hydroxyl groups is 1. The van der Waals surface area contributed by atoms with Crippen molar-refractivity contribution in [1.29, 1.82) is 0 Å². The van der Waals surface area contributed by atoms with Gasteiger partial charge < -0.3 is 5.11 Å². The Hall–Kier alpha value is -1.45. The molecule has 2 rings (SSSR count). The maximum absolute atomic E-state index is 13.5. The van der Waals surface area contributed by atoms with Gasteiger partial charge in [0.1, 0.15) is 0 Å². The molecular formula is C15H13ClF2O. The van der Waals surface area contributed by atoms with Crippen LogP contribution in [0, 0.1) is 11.6 Å². The first-order chi connectivity index (χ1) is 9.06. The quantitative estimate of drug-likeness (QED) is 0.905. The van der Waals surface area contributed by atoms with Crippen LogP contribution in [0.3, 0.4) is 0 Å². The number of hydrogen-bond acceptors (Lipinski definition) is 1. The third-order valence-electron chi connectivity index (χ3n) is 2.87. The van der Waals surface area contributed by atoms with Crippen LogP contribution in [0.1, 0.15) is 11.1 Å². The van der Waals surface area contributed by atoms with Gasteiger partial charge in [0.15, 0.2) is 11.6 Å². The van der Waals surface area contributed by atoms with Crippen LogP contribution in [-0.2, 0) is 12.8 Å². The zero-order chi connectivity index (χ0) is 13.8. The Kier molecular flexibility index (Phi) is 4.51. The van der Waals surface area contributed by atoms with Crippen molar-refractivity contribution in [3.63, 3.8) is 0 Å². The Morgan fingerprint density at radius 3 is 2.37 bits per heavy atom. The second-order valence-electron chi connectivity index (χ2n) is 4.40. The highest BCUT2D eigenvalue weighted by Crippen LogP contribution is 2.16. The average Bonchev–Trinajstić information content (AvgIpc) is 2.38. The third kappa shape index (κ3) is 3.75. The van der Waals surface area contributed by atoms with Crippen LogP contribution in [0.25, 0.3) is 0 Å². The fraction of sp³-hybridized carbons (Fsp3) is 0.200. The van der Waals surface area contributed by atoms with Crippen molar-refractivity contribution in [2.24, 2.45) is 0 Å². The molecule has 0 saturated carbocycles. The monoisotopic (exact) mass is 282 g/mol. The van der Waals surface area contributed by atoms with Crippen molar-refractivity contribution in [3.05, 3.63) is 70.2 Å². The first-order valence-corrected chi connectivity index (χ1v) is 6.29. The lowest BCUT2D eigenvalue weighted by atomic mass is 10.0. The topological polar surface area (TPSA) is 20.2 Å². The summed E-state index contributed by atoms with van der Waals surface area (Å²) in [6, 6.07) is 11.0. The second-order valence-corrected chi connectivity index (χ2v) is 4.84. The Morgan fingerprint density at radius 1 is 1.00 bits per heavy atom. The molecule has 1 N–H and O–H groups in total. The molecule has 0 aliphatic carbocycles. The highest BCUT2D eigenvalue weighted by atomic mass is 35.5. The van der Waals surface area contributed by atoms with Gasteiger partial charge in [-0.1, -0.05) is 35.9 Å². The highest BCUT2D eigenvalue weighted by molar-refractivity contribution is 6.30. The molecule has 0 aromatic heterocycles. The highest BCUT2D eigenvalue weighted by Gasteiger charge is 2.13. The Morgan fingerprint density at radius 2 is 1.68 bits per heavy atom. The molecule has 0 spiro atoms. The molecule has 19 heavy (non-hydrogen) atoms. The SMILES string of the molecule is OC(Cc1ccc(Cl)cc1)Cc1cccc(F)c1F. The molecule has 0 bridgehead atoms. The third-order valence-corrected chi connectivity index (χ3v) is 3.12. The molecular weight excluding hydrogens is 270 g/mol. The van der Waals surface area contributed by atoms with Crippen molar-refractivity contribution < 1.29 is 13.9 Å². The van der Waals surface area contributed by atoms with E-state index in [2.05, 4.69) is 0 Å². The standard InChI is InChI=1S/C15H13ClF2O/c16-12-6-4-10(5-7-12)8-13(19)9-11-2-1-3-14(17)15(11)18/h1-7,13,19H,8-9H2. The van der Waals surface area contributed by atoms with Crippen LogP contribution in [0.15, 0.2) is 42.5 Å². The van der Waals surface area contributed by atoms with Crippen molar-refractivity contribution in [2.75, 3.05) is 0 Å². The van der Waals surface area contributed by atoms with Gasteiger partial charge in [0.05, 0.1) is 6.10 Å². The van der Waals surface area contributed by atoms with E-state index in [9.17, 15) is 13.9 Å². The van der Waals surface area contributed by atoms with Crippen LogP contribution in [0.5, 0.6) is 0 Å². The van der Waals surface area contributed by atoms with Gasteiger partial charge in [-0.25, -0.2) is 8.78 Å². The average molecular weight is 283 g/mol. The molecule has 4 heteroatoms. The Bertz CT molecular complexity index is 555. The van der Waals surface area contributed by atoms with Gasteiger partial charge in [-0.15, -0.1) is 0 Å². The van der Waals surface area contributed by atoms with Crippen LogP contribution in [0.4, 0.5) is 8.78 Å². The minimum atomic E-state index is -0.892. The molecule has 1 atom stereocenters. The summed E-state index contributed by atoms with van der Waals surface area (Å²) < 4.78 is 26.5. The van der Waals surface area contributed by atoms with E-state index in [1.807, 2.05) is 0 Å². The summed E-state index contributed by atoms with van der Waals surface area (Å²) in [5, 5.41) is 10.5. The van der Waals surface area contributed by atoms with Crippen molar-refractivity contribution in [2.45, 2.75) is 18.9 Å². The van der Waals surface area contributed by atoms with Gasteiger partial charge in [-0.05, 0) is 35.7 Å². The summed E-state index contributed by atoms with van der Waals surface area (Å²) in [6.45, 7) is 0. The van der Waals surface area contributed by atoms with E-state index in [4.69, 9.17) is 11.6 Å². The van der Waals surface area contributed by atoms with Crippen molar-refractivity contribution in [1.82, 2.24) is 0 Å². The maximum atomic E-state index is 13.5. The summed E-state index contributed by atoms with van der Waals surface area (Å²) >= 11 is 5.76. The van der Waals surface area contributed by atoms with E-state index in [0.717, 1.165) is 11.6 Å². The van der Waals surface area contributed by atoms with E-state index in [1.54, 1.807) is 24.3 Å². The largest absolute Gasteiger partial charge is 0.392 e. The van der Waals surface area contributed by atoms with Gasteiger partial charge in [0.25, 0.3) is 0 Å². The van der Waals surface area contributed by atoms with Gasteiger partial charge in [-0.2, -0.15) is 0 Å². The molecule has 100 valence electrons. The second kappa shape index (κ2) is 6.13. The number of rotatable bonds is 4. The first-order valence-electron chi connectivity index (χ1n) is 5.91. The van der Waals surface area contributed by atoms with Crippen LogP contribution in [0.2, 0.25) is 5.02 Å². The van der Waals surface area contributed by atoms with E-state index in [1.165, 1.54) is 12.1 Å². The predicted octanol–water partition coefficient (Wildman–Crippen LogP) is 3.76. The fourth-order valence-corrected chi connectivity index (χ4v) is 2.05. The van der Waals surface area contributed by atoms with Crippen molar-refractivity contribution in [3.8, 4) is 0 Å². The van der Waals surface area contributed by atoms with Crippen LogP contribution in [-0.4, -0.2) is 11.2 Å². The van der Waals surface area contributed by atoms with Gasteiger partial charge >= 0.3 is 0 Å². The molecule has 2 aromatic carbocycles. The lowest BCUT2D eigenvalue weighted by Crippen LogP contribution is -2.15. The molecule has 0 amide bonds. The lowest BCUT2D eigenvalue weighted by molar-refractivity contribution is 0.174. The molecule has 2 aromatic rings. The number of benzene rings is 2. The van der Waals surface area contributed by atoms with Gasteiger partial charge in [0.2, 0.25) is 0 Å². The minimum Gasteiger partial charge on any atom is -0.392 e. The normalized spacial score (nSPS) is 12.4. The van der Waals surface area contributed by atoms with E-state index in [-0.39, 0.29) is 12.0 Å². The van der Waals surface area contributed by atoms with Crippen LogP contribution < -0.4 is 0 Å². The summed E-state index contributed by atoms with van der Waals surface area (Å²) in [6.07, 6.45) is -0.322. The molecule has 0 saturated heterocycles. The van der Waals surface area contributed by atoms with Gasteiger partial charge in [-0.3, -0.25) is 0 Å². The summed E-state index contributed by atoms with van der Waals surface area (Å²) in [5.41, 5.74) is 1.08. The van der Waals surface area contributed by atoms with Crippen LogP contribution >= 0.6 is 11.6 Å². The van der Waals surface area contributed by atoms with Crippen molar-refractivity contribution >= 4 is 11.6 Å². The Balaban J connectivity index is 2.03. The molecule has 0 heterocycles. The summed E-state index contributed by atoms with van der Waals surface area (Å²) in [5.74, 6) is -1.78. The molecule has 0 radical (unpaired) electrons. The van der Waals surface area contributed by atoms with E-state index < -0.39 is 17.7 Å². The fourth-order valence-electron chi connectivity index (χ4n) is 1.92. The molecule has 0 aliphatic rings. The minimum absolute atomic E-state index is 0.0756. The van der Waals surface area contributed by atoms with Gasteiger partial charge in [0, 0.05) is 11.4 Å². The van der Waals surface area contributed by atoms with E-state index in [0.29, 0.717) is 11.4 Å². The molecule has 1 unspecified atom stereocenters. The lowest BCUT2D eigenvalue weighted by Gasteiger charge is -2.11. The molecule has 0 aliphatic heterocycles. The maximum Gasteiger partial charge on any atom is 0.162 e. The number of halogens is 3. The summed E-state index contributed by atoms with van der Waals surface area (Å²) in [7, 11) is 0. The predicted molar refractivity (Wildman–Crippen MR) is 71.2 cm³/mol. The number of aliphatic hydroxyl groups excluding tert-OH is 1. The summed E-state index contributed by atoms with van der Waals surface area (Å²) in [4.78, 5) is 0.